The van der Waals surface area contributed by atoms with Gasteiger partial charge in [0.1, 0.15) is 11.6 Å². The van der Waals surface area contributed by atoms with Crippen LogP contribution in [-0.2, 0) is 6.42 Å². The van der Waals surface area contributed by atoms with E-state index in [1.807, 2.05) is 0 Å². The molecule has 0 aliphatic heterocycles. The molecule has 1 nitrogen and oxygen atoms in total. The van der Waals surface area contributed by atoms with E-state index >= 15 is 0 Å². The third-order valence-corrected chi connectivity index (χ3v) is 3.91. The molecule has 1 unspecified atom stereocenters. The summed E-state index contributed by atoms with van der Waals surface area (Å²) in [4.78, 5) is 0. The van der Waals surface area contributed by atoms with Crippen molar-refractivity contribution in [1.29, 1.82) is 0 Å². The summed E-state index contributed by atoms with van der Waals surface area (Å²) >= 11 is 14.9. The van der Waals surface area contributed by atoms with Gasteiger partial charge in [-0.1, -0.05) is 45.2 Å². The Bertz CT molecular complexity index is 626. The topological polar surface area (TPSA) is 26.0 Å². The van der Waals surface area contributed by atoms with Crippen molar-refractivity contribution in [3.63, 3.8) is 0 Å². The zero-order valence-electron chi connectivity index (χ0n) is 10.1. The van der Waals surface area contributed by atoms with Crippen LogP contribution in [-0.4, -0.2) is 0 Å². The van der Waals surface area contributed by atoms with E-state index in [0.29, 0.717) is 20.1 Å². The molecule has 0 saturated carbocycles. The van der Waals surface area contributed by atoms with Crippen LogP contribution in [0.15, 0.2) is 34.8 Å². The third kappa shape index (κ3) is 3.50. The molecule has 0 amide bonds. The third-order valence-electron chi connectivity index (χ3n) is 2.87. The van der Waals surface area contributed by atoms with Crippen LogP contribution in [0.1, 0.15) is 17.2 Å². The van der Waals surface area contributed by atoms with Gasteiger partial charge in [0.2, 0.25) is 0 Å². The van der Waals surface area contributed by atoms with Crippen molar-refractivity contribution in [3.8, 4) is 0 Å². The summed E-state index contributed by atoms with van der Waals surface area (Å²) in [7, 11) is 0. The molecule has 2 aromatic rings. The summed E-state index contributed by atoms with van der Waals surface area (Å²) in [5, 5.41) is 0.916. The maximum Gasteiger partial charge on any atom is 0.132 e. The molecule has 0 fully saturated rings. The van der Waals surface area contributed by atoms with Gasteiger partial charge in [0, 0.05) is 26.1 Å². The average Bonchev–Trinajstić information content (AvgIpc) is 2.31. The summed E-state index contributed by atoms with van der Waals surface area (Å²) < 4.78 is 28.0. The van der Waals surface area contributed by atoms with E-state index in [1.165, 1.54) is 12.1 Å². The summed E-state index contributed by atoms with van der Waals surface area (Å²) in [6.07, 6.45) is 0.214. The van der Waals surface area contributed by atoms with E-state index in [-0.39, 0.29) is 12.0 Å². The molecular formula is C14H10BrCl2F2N. The molecule has 2 aromatic carbocycles. The molecular weight excluding hydrogens is 371 g/mol. The van der Waals surface area contributed by atoms with Crippen LogP contribution in [0.5, 0.6) is 0 Å². The molecule has 20 heavy (non-hydrogen) atoms. The quantitative estimate of drug-likeness (QED) is 0.770. The van der Waals surface area contributed by atoms with E-state index in [1.54, 1.807) is 18.2 Å². The van der Waals surface area contributed by atoms with Crippen molar-refractivity contribution in [2.45, 2.75) is 12.5 Å². The highest BCUT2D eigenvalue weighted by molar-refractivity contribution is 9.10. The minimum Gasteiger partial charge on any atom is -0.323 e. The van der Waals surface area contributed by atoms with E-state index in [4.69, 9.17) is 28.9 Å². The molecule has 0 aliphatic rings. The standard InChI is InChI=1S/C14H10BrCl2F2N/c15-8-4-11(18)14(12(19)5-8)13(20)3-7-1-2-9(16)6-10(7)17/h1-2,4-6,13H,3,20H2. The van der Waals surface area contributed by atoms with Gasteiger partial charge >= 0.3 is 0 Å². The van der Waals surface area contributed by atoms with Crippen molar-refractivity contribution in [1.82, 2.24) is 0 Å². The van der Waals surface area contributed by atoms with Gasteiger partial charge in [-0.25, -0.2) is 8.78 Å². The predicted octanol–water partition coefficient (Wildman–Crippen LogP) is 5.28. The lowest BCUT2D eigenvalue weighted by molar-refractivity contribution is 0.523. The number of hydrogen-bond donors (Lipinski definition) is 1. The van der Waals surface area contributed by atoms with Crippen LogP contribution in [0, 0.1) is 11.6 Å². The molecule has 2 N–H and O–H groups in total. The number of nitrogens with two attached hydrogens (primary N) is 1. The molecule has 0 aromatic heterocycles. The van der Waals surface area contributed by atoms with E-state index in [2.05, 4.69) is 15.9 Å². The Balaban J connectivity index is 2.31. The molecule has 2 rings (SSSR count). The largest absolute Gasteiger partial charge is 0.323 e. The Hall–Kier alpha value is -0.680. The first-order valence-electron chi connectivity index (χ1n) is 5.72. The van der Waals surface area contributed by atoms with Crippen molar-refractivity contribution in [2.24, 2.45) is 5.73 Å². The Labute approximate surface area is 133 Å². The minimum atomic E-state index is -0.832. The zero-order chi connectivity index (χ0) is 14.9. The van der Waals surface area contributed by atoms with Crippen molar-refractivity contribution >= 4 is 39.1 Å². The van der Waals surface area contributed by atoms with Gasteiger partial charge in [-0.05, 0) is 36.2 Å². The Morgan fingerprint density at radius 3 is 2.25 bits per heavy atom. The smallest absolute Gasteiger partial charge is 0.132 e. The zero-order valence-corrected chi connectivity index (χ0v) is 13.2. The van der Waals surface area contributed by atoms with Crippen LogP contribution in [0.3, 0.4) is 0 Å². The Kier molecular flexibility index (Phi) is 5.02. The second kappa shape index (κ2) is 6.39. The highest BCUT2D eigenvalue weighted by atomic mass is 79.9. The highest BCUT2D eigenvalue weighted by Gasteiger charge is 2.19. The molecule has 1 atom stereocenters. The lowest BCUT2D eigenvalue weighted by Gasteiger charge is -2.15. The maximum atomic E-state index is 13.8. The molecule has 106 valence electrons. The van der Waals surface area contributed by atoms with E-state index in [0.717, 1.165) is 0 Å². The lowest BCUT2D eigenvalue weighted by Crippen LogP contribution is -2.17. The first-order valence-corrected chi connectivity index (χ1v) is 7.27. The molecule has 0 heterocycles. The van der Waals surface area contributed by atoms with Crippen molar-refractivity contribution in [2.75, 3.05) is 0 Å². The normalized spacial score (nSPS) is 12.5. The fourth-order valence-corrected chi connectivity index (χ4v) is 2.82. The van der Waals surface area contributed by atoms with E-state index < -0.39 is 17.7 Å². The van der Waals surface area contributed by atoms with Gasteiger partial charge in [0.05, 0.1) is 0 Å². The molecule has 0 saturated heterocycles. The SMILES string of the molecule is NC(Cc1ccc(Cl)cc1Cl)c1c(F)cc(Br)cc1F. The minimum absolute atomic E-state index is 0.154. The van der Waals surface area contributed by atoms with Gasteiger partial charge < -0.3 is 5.73 Å². The molecule has 0 spiro atoms. The molecule has 0 radical (unpaired) electrons. The Morgan fingerprint density at radius 2 is 1.70 bits per heavy atom. The number of hydrogen-bond acceptors (Lipinski definition) is 1. The van der Waals surface area contributed by atoms with Gasteiger partial charge in [0.25, 0.3) is 0 Å². The van der Waals surface area contributed by atoms with Crippen LogP contribution < -0.4 is 5.73 Å². The van der Waals surface area contributed by atoms with E-state index in [9.17, 15) is 8.78 Å². The summed E-state index contributed by atoms with van der Waals surface area (Å²) in [6, 6.07) is 6.45. The number of benzene rings is 2. The van der Waals surface area contributed by atoms with Gasteiger partial charge in [-0.3, -0.25) is 0 Å². The maximum absolute atomic E-state index is 13.8. The van der Waals surface area contributed by atoms with Crippen LogP contribution in [0.4, 0.5) is 8.78 Å². The van der Waals surface area contributed by atoms with Crippen LogP contribution in [0.25, 0.3) is 0 Å². The fraction of sp³-hybridized carbons (Fsp3) is 0.143. The summed E-state index contributed by atoms with van der Waals surface area (Å²) in [5.41, 5.74) is 6.43. The first kappa shape index (κ1) is 15.7. The summed E-state index contributed by atoms with van der Waals surface area (Å²) in [6.45, 7) is 0. The number of halogens is 5. The monoisotopic (exact) mass is 379 g/mol. The van der Waals surface area contributed by atoms with Crippen molar-refractivity contribution < 1.29 is 8.78 Å². The Morgan fingerprint density at radius 1 is 1.10 bits per heavy atom. The van der Waals surface area contributed by atoms with Gasteiger partial charge in [-0.15, -0.1) is 0 Å². The second-order valence-electron chi connectivity index (χ2n) is 4.33. The predicted molar refractivity (Wildman–Crippen MR) is 81.2 cm³/mol. The highest BCUT2D eigenvalue weighted by Crippen LogP contribution is 2.29. The summed E-state index contributed by atoms with van der Waals surface area (Å²) in [5.74, 6) is -1.37. The molecule has 6 heteroatoms. The molecule has 0 aliphatic carbocycles. The van der Waals surface area contributed by atoms with Crippen LogP contribution in [0.2, 0.25) is 10.0 Å². The average molecular weight is 381 g/mol. The van der Waals surface area contributed by atoms with Gasteiger partial charge in [-0.2, -0.15) is 0 Å². The second-order valence-corrected chi connectivity index (χ2v) is 6.09. The van der Waals surface area contributed by atoms with Crippen molar-refractivity contribution in [3.05, 3.63) is 67.6 Å². The number of rotatable bonds is 3. The van der Waals surface area contributed by atoms with Crippen LogP contribution >= 0.6 is 39.1 Å². The fourth-order valence-electron chi connectivity index (χ4n) is 1.93. The van der Waals surface area contributed by atoms with Gasteiger partial charge in [0.15, 0.2) is 0 Å². The molecule has 0 bridgehead atoms. The lowest BCUT2D eigenvalue weighted by atomic mass is 9.98. The first-order chi connectivity index (χ1) is 9.38.